The Hall–Kier alpha value is -2.15. The Balaban J connectivity index is 1.57. The van der Waals surface area contributed by atoms with Crippen molar-refractivity contribution in [3.63, 3.8) is 0 Å². The molecule has 3 aliphatic rings. The summed E-state index contributed by atoms with van der Waals surface area (Å²) in [5.74, 6) is -2.21. The van der Waals surface area contributed by atoms with Gasteiger partial charge in [-0.2, -0.15) is 5.01 Å². The van der Waals surface area contributed by atoms with Crippen LogP contribution in [0.4, 0.5) is 0 Å². The molecule has 1 N–H and O–H groups in total. The van der Waals surface area contributed by atoms with Crippen LogP contribution in [0, 0.1) is 11.8 Å². The van der Waals surface area contributed by atoms with Gasteiger partial charge >= 0.3 is 5.91 Å². The molecule has 2 bridgehead atoms. The lowest BCUT2D eigenvalue weighted by Gasteiger charge is -2.17. The normalized spacial score (nSPS) is 34.7. The first-order valence-electron chi connectivity index (χ1n) is 6.54. The van der Waals surface area contributed by atoms with Crippen molar-refractivity contribution in [1.82, 2.24) is 10.4 Å². The average Bonchev–Trinajstić information content (AvgIpc) is 3.18. The summed E-state index contributed by atoms with van der Waals surface area (Å²) in [4.78, 5) is 36.4. The Kier molecular flexibility index (Phi) is 2.29. The Morgan fingerprint density at radius 2 is 1.85 bits per heavy atom. The van der Waals surface area contributed by atoms with Gasteiger partial charge in [0.25, 0.3) is 11.8 Å². The molecule has 3 aliphatic heterocycles. The molecule has 1 aromatic rings. The van der Waals surface area contributed by atoms with E-state index >= 15 is 0 Å². The zero-order valence-electron chi connectivity index (χ0n) is 10.4. The van der Waals surface area contributed by atoms with Crippen molar-refractivity contribution in [3.05, 3.63) is 24.2 Å². The molecule has 20 heavy (non-hydrogen) atoms. The lowest BCUT2D eigenvalue weighted by atomic mass is 9.81. The highest BCUT2D eigenvalue weighted by molar-refractivity contribution is 6.08. The maximum Gasteiger partial charge on any atom is 0.305 e. The molecule has 7 heteroatoms. The maximum atomic E-state index is 12.3. The Morgan fingerprint density at radius 3 is 2.40 bits per heavy atom. The third-order valence-electron chi connectivity index (χ3n) is 4.24. The molecular formula is C13H12N2O5. The molecular weight excluding hydrogens is 264 g/mol. The summed E-state index contributed by atoms with van der Waals surface area (Å²) in [5.41, 5.74) is 2.32. The summed E-state index contributed by atoms with van der Waals surface area (Å²) in [6.07, 6.45) is 2.57. The predicted octanol–water partition coefficient (Wildman–Crippen LogP) is 0.0868. The zero-order chi connectivity index (χ0) is 13.9. The summed E-state index contributed by atoms with van der Waals surface area (Å²) < 4.78 is 10.5. The second kappa shape index (κ2) is 3.92. The molecule has 0 saturated carbocycles. The summed E-state index contributed by atoms with van der Waals surface area (Å²) >= 11 is 0. The van der Waals surface area contributed by atoms with E-state index in [9.17, 15) is 14.4 Å². The number of nitrogens with one attached hydrogen (secondary N) is 1. The third-order valence-corrected chi connectivity index (χ3v) is 4.24. The van der Waals surface area contributed by atoms with Gasteiger partial charge in [-0.25, -0.2) is 0 Å². The maximum absolute atomic E-state index is 12.3. The summed E-state index contributed by atoms with van der Waals surface area (Å²) in [7, 11) is 0. The molecule has 0 radical (unpaired) electrons. The highest BCUT2D eigenvalue weighted by atomic mass is 16.5. The molecule has 1 aromatic heterocycles. The van der Waals surface area contributed by atoms with Crippen LogP contribution in [-0.2, 0) is 14.3 Å². The highest BCUT2D eigenvalue weighted by Gasteiger charge is 2.62. The number of hydrogen-bond donors (Lipinski definition) is 1. The SMILES string of the molecule is O=C(NN1C(=O)[C@@H]2[C@H](C1=O)[C@@H]1CC[C@@H]2O1)c1ccco1. The first-order chi connectivity index (χ1) is 9.66. The van der Waals surface area contributed by atoms with Crippen molar-refractivity contribution >= 4 is 17.7 Å². The monoisotopic (exact) mass is 276 g/mol. The van der Waals surface area contributed by atoms with Crippen LogP contribution in [0.1, 0.15) is 23.4 Å². The van der Waals surface area contributed by atoms with Gasteiger partial charge in [-0.1, -0.05) is 0 Å². The molecule has 3 amide bonds. The fourth-order valence-electron chi connectivity index (χ4n) is 3.39. The topological polar surface area (TPSA) is 88.9 Å². The number of imide groups is 1. The third kappa shape index (κ3) is 1.41. The largest absolute Gasteiger partial charge is 0.459 e. The second-order valence-electron chi connectivity index (χ2n) is 5.27. The predicted molar refractivity (Wildman–Crippen MR) is 62.9 cm³/mol. The minimum absolute atomic E-state index is 0.0573. The lowest BCUT2D eigenvalue weighted by Crippen LogP contribution is -2.47. The molecule has 3 saturated heterocycles. The van der Waals surface area contributed by atoms with Gasteiger partial charge < -0.3 is 9.15 Å². The highest BCUT2D eigenvalue weighted by Crippen LogP contribution is 2.47. The van der Waals surface area contributed by atoms with E-state index in [1.165, 1.54) is 12.3 Å². The number of amides is 3. The molecule has 0 aromatic carbocycles. The van der Waals surface area contributed by atoms with Crippen LogP contribution in [0.5, 0.6) is 0 Å². The number of ether oxygens (including phenoxy) is 1. The van der Waals surface area contributed by atoms with Gasteiger partial charge in [0.15, 0.2) is 5.76 Å². The minimum atomic E-state index is -0.607. The number of carbonyl (C=O) groups is 3. The van der Waals surface area contributed by atoms with Crippen LogP contribution in [0.2, 0.25) is 0 Å². The van der Waals surface area contributed by atoms with E-state index in [2.05, 4.69) is 5.43 Å². The molecule has 0 aliphatic carbocycles. The van der Waals surface area contributed by atoms with Crippen molar-refractivity contribution in [3.8, 4) is 0 Å². The van der Waals surface area contributed by atoms with Gasteiger partial charge in [0.2, 0.25) is 0 Å². The Bertz CT molecular complexity index is 568. The van der Waals surface area contributed by atoms with Crippen molar-refractivity contribution in [2.24, 2.45) is 11.8 Å². The number of fused-ring (bicyclic) bond motifs is 5. The second-order valence-corrected chi connectivity index (χ2v) is 5.27. The molecule has 3 fully saturated rings. The molecule has 7 nitrogen and oxygen atoms in total. The van der Waals surface area contributed by atoms with Crippen LogP contribution >= 0.6 is 0 Å². The van der Waals surface area contributed by atoms with Gasteiger partial charge in [-0.05, 0) is 25.0 Å². The van der Waals surface area contributed by atoms with Crippen molar-refractivity contribution in [1.29, 1.82) is 0 Å². The number of furan rings is 1. The molecule has 4 rings (SSSR count). The molecule has 0 unspecified atom stereocenters. The van der Waals surface area contributed by atoms with Crippen molar-refractivity contribution in [2.45, 2.75) is 25.0 Å². The standard InChI is InChI=1S/C13H12N2O5/c16-11(8-2-1-5-19-8)14-15-12(17)9-6-3-4-7(20-6)10(9)13(15)18/h1-2,5-7,9-10H,3-4H2,(H,14,16)/t6-,7-,9-,10+/m0/s1. The molecule has 4 atom stereocenters. The zero-order valence-corrected chi connectivity index (χ0v) is 10.4. The Morgan fingerprint density at radius 1 is 1.20 bits per heavy atom. The summed E-state index contributed by atoms with van der Waals surface area (Å²) in [6.45, 7) is 0. The van der Waals surface area contributed by atoms with E-state index in [1.54, 1.807) is 6.07 Å². The van der Waals surface area contributed by atoms with Crippen molar-refractivity contribution in [2.75, 3.05) is 0 Å². The lowest BCUT2D eigenvalue weighted by molar-refractivity contribution is -0.145. The number of hydrazine groups is 1. The number of carbonyl (C=O) groups excluding carboxylic acids is 3. The van der Waals surface area contributed by atoms with Crippen LogP contribution in [0.3, 0.4) is 0 Å². The first-order valence-corrected chi connectivity index (χ1v) is 6.54. The summed E-state index contributed by atoms with van der Waals surface area (Å²) in [6, 6.07) is 3.03. The van der Waals surface area contributed by atoms with Gasteiger partial charge in [-0.15, -0.1) is 0 Å². The molecule has 4 heterocycles. The average molecular weight is 276 g/mol. The van der Waals surface area contributed by atoms with Gasteiger partial charge in [0, 0.05) is 0 Å². The summed E-state index contributed by atoms with van der Waals surface area (Å²) in [5, 5.41) is 0.827. The number of nitrogens with zero attached hydrogens (tertiary/aromatic N) is 1. The van der Waals surface area contributed by atoms with Crippen LogP contribution in [-0.4, -0.2) is 34.9 Å². The van der Waals surface area contributed by atoms with Crippen LogP contribution < -0.4 is 5.43 Å². The number of rotatable bonds is 2. The van der Waals surface area contributed by atoms with E-state index in [-0.39, 0.29) is 29.8 Å². The van der Waals surface area contributed by atoms with Gasteiger partial charge in [-0.3, -0.25) is 19.8 Å². The van der Waals surface area contributed by atoms with E-state index < -0.39 is 17.7 Å². The van der Waals surface area contributed by atoms with Crippen molar-refractivity contribution < 1.29 is 23.5 Å². The quantitative estimate of drug-likeness (QED) is 0.773. The van der Waals surface area contributed by atoms with E-state index in [0.29, 0.717) is 0 Å². The fraction of sp³-hybridized carbons (Fsp3) is 0.462. The van der Waals surface area contributed by atoms with Crippen LogP contribution in [0.15, 0.2) is 22.8 Å². The molecule has 0 spiro atoms. The fourth-order valence-corrected chi connectivity index (χ4v) is 3.39. The van der Waals surface area contributed by atoms with Gasteiger partial charge in [0.1, 0.15) is 0 Å². The Labute approximate surface area is 113 Å². The van der Waals surface area contributed by atoms with E-state index in [1.807, 2.05) is 0 Å². The first kappa shape index (κ1) is 11.7. The van der Waals surface area contributed by atoms with Crippen LogP contribution in [0.25, 0.3) is 0 Å². The van der Waals surface area contributed by atoms with E-state index in [4.69, 9.17) is 9.15 Å². The van der Waals surface area contributed by atoms with E-state index in [0.717, 1.165) is 17.9 Å². The van der Waals surface area contributed by atoms with Gasteiger partial charge in [0.05, 0.1) is 30.3 Å². The minimum Gasteiger partial charge on any atom is -0.459 e. The molecule has 104 valence electrons. The number of hydrogen-bond acceptors (Lipinski definition) is 5. The smallest absolute Gasteiger partial charge is 0.305 e.